The maximum Gasteiger partial charge on any atom is 0.240 e. The molecule has 16 heavy (non-hydrogen) atoms. The number of benzene rings is 1. The standard InChI is InChI=1S/C12H14BrNO2/c1-8(15)9-5-4-6-10(7-9)14-11(16)12(2,3)13/h4-7H,1-3H3,(H,14,16). The van der Waals surface area contributed by atoms with E-state index >= 15 is 0 Å². The van der Waals surface area contributed by atoms with E-state index in [0.717, 1.165) is 0 Å². The molecule has 0 spiro atoms. The molecule has 0 unspecified atom stereocenters. The molecule has 3 nitrogen and oxygen atoms in total. The van der Waals surface area contributed by atoms with Crippen LogP contribution in [-0.4, -0.2) is 16.0 Å². The maximum atomic E-state index is 11.7. The lowest BCUT2D eigenvalue weighted by molar-refractivity contribution is -0.117. The van der Waals surface area contributed by atoms with Crippen molar-refractivity contribution in [2.24, 2.45) is 0 Å². The molecule has 0 aliphatic heterocycles. The van der Waals surface area contributed by atoms with Gasteiger partial charge in [-0.15, -0.1) is 0 Å². The molecule has 0 fully saturated rings. The van der Waals surface area contributed by atoms with Crippen LogP contribution in [0, 0.1) is 0 Å². The topological polar surface area (TPSA) is 46.2 Å². The normalized spacial score (nSPS) is 11.0. The number of hydrogen-bond acceptors (Lipinski definition) is 2. The Morgan fingerprint density at radius 2 is 1.94 bits per heavy atom. The lowest BCUT2D eigenvalue weighted by Gasteiger charge is -2.16. The number of ketones is 1. The molecule has 86 valence electrons. The van der Waals surface area contributed by atoms with Gasteiger partial charge in [0.15, 0.2) is 5.78 Å². The Morgan fingerprint density at radius 1 is 1.31 bits per heavy atom. The predicted molar refractivity (Wildman–Crippen MR) is 68.1 cm³/mol. The summed E-state index contributed by atoms with van der Waals surface area (Å²) in [5, 5.41) is 2.74. The maximum absolute atomic E-state index is 11.7. The van der Waals surface area contributed by atoms with Gasteiger partial charge in [0, 0.05) is 11.3 Å². The molecule has 1 aromatic carbocycles. The minimum atomic E-state index is -0.626. The second-order valence-electron chi connectivity index (χ2n) is 4.06. The quantitative estimate of drug-likeness (QED) is 0.685. The zero-order chi connectivity index (χ0) is 12.3. The fourth-order valence-corrected chi connectivity index (χ4v) is 1.19. The third kappa shape index (κ3) is 3.45. The average Bonchev–Trinajstić information content (AvgIpc) is 2.16. The van der Waals surface area contributed by atoms with Gasteiger partial charge in [0.25, 0.3) is 0 Å². The van der Waals surface area contributed by atoms with Crippen LogP contribution in [-0.2, 0) is 4.79 Å². The summed E-state index contributed by atoms with van der Waals surface area (Å²) in [5.41, 5.74) is 1.22. The van der Waals surface area contributed by atoms with Gasteiger partial charge in [-0.2, -0.15) is 0 Å². The van der Waals surface area contributed by atoms with E-state index in [1.165, 1.54) is 6.92 Å². The van der Waals surface area contributed by atoms with Crippen molar-refractivity contribution in [1.29, 1.82) is 0 Å². The second kappa shape index (κ2) is 4.78. The summed E-state index contributed by atoms with van der Waals surface area (Å²) in [7, 11) is 0. The van der Waals surface area contributed by atoms with Crippen molar-refractivity contribution in [3.05, 3.63) is 29.8 Å². The molecule has 0 bridgehead atoms. The molecular weight excluding hydrogens is 270 g/mol. The number of Topliss-reactive ketones (excluding diaryl/α,β-unsaturated/α-hetero) is 1. The number of carbonyl (C=O) groups is 2. The summed E-state index contributed by atoms with van der Waals surface area (Å²) in [4.78, 5) is 22.8. The number of carbonyl (C=O) groups excluding carboxylic acids is 2. The summed E-state index contributed by atoms with van der Waals surface area (Å²) in [6, 6.07) is 6.88. The first-order chi connectivity index (χ1) is 7.30. The fourth-order valence-electron chi connectivity index (χ4n) is 1.10. The Bertz CT molecular complexity index is 421. The molecule has 0 aromatic heterocycles. The number of nitrogens with one attached hydrogen (secondary N) is 1. The van der Waals surface area contributed by atoms with Gasteiger partial charge in [-0.3, -0.25) is 9.59 Å². The Balaban J connectivity index is 2.87. The minimum Gasteiger partial charge on any atom is -0.325 e. The van der Waals surface area contributed by atoms with E-state index in [2.05, 4.69) is 21.2 Å². The third-order valence-corrected chi connectivity index (χ3v) is 2.43. The molecule has 0 atom stereocenters. The summed E-state index contributed by atoms with van der Waals surface area (Å²) in [6.07, 6.45) is 0. The Labute approximate surface area is 103 Å². The summed E-state index contributed by atoms with van der Waals surface area (Å²) >= 11 is 3.27. The van der Waals surface area contributed by atoms with Crippen LogP contribution in [0.1, 0.15) is 31.1 Å². The number of halogens is 1. The molecule has 4 heteroatoms. The fraction of sp³-hybridized carbons (Fsp3) is 0.333. The Hall–Kier alpha value is -1.16. The van der Waals surface area contributed by atoms with Crippen molar-refractivity contribution in [2.45, 2.75) is 25.1 Å². The van der Waals surface area contributed by atoms with E-state index < -0.39 is 4.32 Å². The molecule has 0 aliphatic carbocycles. The first-order valence-corrected chi connectivity index (χ1v) is 5.71. The Kier molecular flexibility index (Phi) is 3.86. The van der Waals surface area contributed by atoms with Crippen molar-refractivity contribution < 1.29 is 9.59 Å². The van der Waals surface area contributed by atoms with Crippen molar-refractivity contribution in [2.75, 3.05) is 5.32 Å². The van der Waals surface area contributed by atoms with Gasteiger partial charge in [0.05, 0.1) is 4.32 Å². The second-order valence-corrected chi connectivity index (χ2v) is 6.05. The van der Waals surface area contributed by atoms with Gasteiger partial charge in [-0.05, 0) is 32.9 Å². The molecule has 1 aromatic rings. The molecule has 1 N–H and O–H groups in total. The average molecular weight is 284 g/mol. The van der Waals surface area contributed by atoms with E-state index in [1.807, 2.05) is 0 Å². The molecule has 0 saturated carbocycles. The monoisotopic (exact) mass is 283 g/mol. The first-order valence-electron chi connectivity index (χ1n) is 4.92. The van der Waals surface area contributed by atoms with Crippen LogP contribution < -0.4 is 5.32 Å². The van der Waals surface area contributed by atoms with Gasteiger partial charge in [-0.1, -0.05) is 28.1 Å². The van der Waals surface area contributed by atoms with E-state index in [1.54, 1.807) is 38.1 Å². The lowest BCUT2D eigenvalue weighted by atomic mass is 10.1. The first kappa shape index (κ1) is 12.9. The third-order valence-electron chi connectivity index (χ3n) is 2.07. The molecule has 0 saturated heterocycles. The van der Waals surface area contributed by atoms with Gasteiger partial charge in [0.2, 0.25) is 5.91 Å². The van der Waals surface area contributed by atoms with Gasteiger partial charge >= 0.3 is 0 Å². The minimum absolute atomic E-state index is 0.0193. The van der Waals surface area contributed by atoms with Crippen LogP contribution in [0.15, 0.2) is 24.3 Å². The number of anilines is 1. The van der Waals surface area contributed by atoms with Crippen LogP contribution in [0.5, 0.6) is 0 Å². The highest BCUT2D eigenvalue weighted by molar-refractivity contribution is 9.10. The van der Waals surface area contributed by atoms with E-state index in [-0.39, 0.29) is 11.7 Å². The molecule has 0 aliphatic rings. The van der Waals surface area contributed by atoms with Crippen LogP contribution in [0.4, 0.5) is 5.69 Å². The lowest BCUT2D eigenvalue weighted by Crippen LogP contribution is -2.30. The summed E-state index contributed by atoms with van der Waals surface area (Å²) < 4.78 is -0.626. The molecule has 1 rings (SSSR count). The zero-order valence-corrected chi connectivity index (χ0v) is 11.1. The van der Waals surface area contributed by atoms with Crippen LogP contribution in [0.3, 0.4) is 0 Å². The van der Waals surface area contributed by atoms with E-state index in [9.17, 15) is 9.59 Å². The number of rotatable bonds is 3. The van der Waals surface area contributed by atoms with Crippen LogP contribution in [0.25, 0.3) is 0 Å². The highest BCUT2D eigenvalue weighted by atomic mass is 79.9. The van der Waals surface area contributed by atoms with Crippen molar-refractivity contribution in [1.82, 2.24) is 0 Å². The Morgan fingerprint density at radius 3 is 2.44 bits per heavy atom. The van der Waals surface area contributed by atoms with Crippen molar-refractivity contribution in [3.8, 4) is 0 Å². The molecule has 0 radical (unpaired) electrons. The van der Waals surface area contributed by atoms with Gasteiger partial charge < -0.3 is 5.32 Å². The highest BCUT2D eigenvalue weighted by Crippen LogP contribution is 2.19. The summed E-state index contributed by atoms with van der Waals surface area (Å²) in [6.45, 7) is 5.02. The highest BCUT2D eigenvalue weighted by Gasteiger charge is 2.23. The molecular formula is C12H14BrNO2. The number of hydrogen-bond donors (Lipinski definition) is 1. The smallest absolute Gasteiger partial charge is 0.240 e. The predicted octanol–water partition coefficient (Wildman–Crippen LogP) is 3.00. The summed E-state index contributed by atoms with van der Waals surface area (Å²) in [5.74, 6) is -0.164. The zero-order valence-electron chi connectivity index (χ0n) is 9.50. The van der Waals surface area contributed by atoms with Crippen LogP contribution >= 0.6 is 15.9 Å². The SMILES string of the molecule is CC(=O)c1cccc(NC(=O)C(C)(C)Br)c1. The van der Waals surface area contributed by atoms with Gasteiger partial charge in [-0.25, -0.2) is 0 Å². The van der Waals surface area contributed by atoms with Crippen molar-refractivity contribution in [3.63, 3.8) is 0 Å². The number of amides is 1. The van der Waals surface area contributed by atoms with Gasteiger partial charge in [0.1, 0.15) is 0 Å². The molecule has 1 amide bonds. The largest absolute Gasteiger partial charge is 0.325 e. The van der Waals surface area contributed by atoms with Crippen LogP contribution in [0.2, 0.25) is 0 Å². The molecule has 0 heterocycles. The number of alkyl halides is 1. The van der Waals surface area contributed by atoms with E-state index in [4.69, 9.17) is 0 Å². The van der Waals surface area contributed by atoms with Crippen molar-refractivity contribution >= 4 is 33.3 Å². The van der Waals surface area contributed by atoms with E-state index in [0.29, 0.717) is 11.3 Å².